The second-order valence-electron chi connectivity index (χ2n) is 10.5. The number of aromatic nitrogens is 7. The third kappa shape index (κ3) is 5.21. The molecule has 2 N–H and O–H groups in total. The lowest BCUT2D eigenvalue weighted by atomic mass is 10.0. The van der Waals surface area contributed by atoms with E-state index in [9.17, 15) is 4.79 Å². The van der Waals surface area contributed by atoms with E-state index < -0.39 is 0 Å². The van der Waals surface area contributed by atoms with Crippen LogP contribution in [0.5, 0.6) is 0 Å². The van der Waals surface area contributed by atoms with Gasteiger partial charge in [0.1, 0.15) is 17.2 Å². The molecule has 0 bridgehead atoms. The SMILES string of the molecule is Cc1nc(-c2ccc(-c3cc4cnc(Nc5ccc(C6CNCCO6)cc5)nc4n(C(C)C)c3=O)c(C)n2)n(C)n1. The molecule has 11 heteroatoms. The molecule has 0 aliphatic carbocycles. The number of hydrogen-bond donors (Lipinski definition) is 2. The van der Waals surface area contributed by atoms with Gasteiger partial charge in [-0.05, 0) is 57.5 Å². The van der Waals surface area contributed by atoms with Crippen LogP contribution in [0.3, 0.4) is 0 Å². The monoisotopic (exact) mass is 551 g/mol. The number of aryl methyl sites for hydroxylation is 3. The molecule has 1 atom stereocenters. The van der Waals surface area contributed by atoms with Gasteiger partial charge in [0.15, 0.2) is 5.82 Å². The molecule has 1 aliphatic heterocycles. The van der Waals surface area contributed by atoms with Crippen LogP contribution in [-0.4, -0.2) is 54.0 Å². The molecular formula is C30H33N9O2. The topological polar surface area (TPSA) is 125 Å². The normalized spacial score (nSPS) is 15.5. The summed E-state index contributed by atoms with van der Waals surface area (Å²) in [4.78, 5) is 32.4. The first kappa shape index (κ1) is 26.7. The Hall–Kier alpha value is -4.48. The molecule has 0 amide bonds. The van der Waals surface area contributed by atoms with Crippen molar-refractivity contribution in [2.45, 2.75) is 39.8 Å². The van der Waals surface area contributed by atoms with Crippen molar-refractivity contribution < 1.29 is 4.74 Å². The molecule has 4 aromatic heterocycles. The smallest absolute Gasteiger partial charge is 0.260 e. The first-order valence-corrected chi connectivity index (χ1v) is 13.8. The Labute approximate surface area is 237 Å². The van der Waals surface area contributed by atoms with Gasteiger partial charge in [-0.2, -0.15) is 10.1 Å². The van der Waals surface area contributed by atoms with E-state index in [1.807, 2.05) is 77.2 Å². The van der Waals surface area contributed by atoms with Gasteiger partial charge in [-0.1, -0.05) is 18.2 Å². The maximum Gasteiger partial charge on any atom is 0.260 e. The predicted octanol–water partition coefficient (Wildman–Crippen LogP) is 4.25. The number of benzene rings is 1. The molecule has 0 saturated carbocycles. The lowest BCUT2D eigenvalue weighted by Crippen LogP contribution is -2.33. The Bertz CT molecular complexity index is 1790. The van der Waals surface area contributed by atoms with Gasteiger partial charge >= 0.3 is 0 Å². The lowest BCUT2D eigenvalue weighted by Gasteiger charge is -2.24. The van der Waals surface area contributed by atoms with E-state index >= 15 is 0 Å². The Morgan fingerprint density at radius 3 is 2.51 bits per heavy atom. The third-order valence-electron chi connectivity index (χ3n) is 7.23. The maximum absolute atomic E-state index is 13.9. The number of nitrogens with zero attached hydrogens (tertiary/aromatic N) is 7. The fourth-order valence-corrected chi connectivity index (χ4v) is 5.25. The van der Waals surface area contributed by atoms with Crippen molar-refractivity contribution in [3.8, 4) is 22.6 Å². The zero-order valence-electron chi connectivity index (χ0n) is 23.8. The maximum atomic E-state index is 13.9. The van der Waals surface area contributed by atoms with Crippen molar-refractivity contribution in [3.05, 3.63) is 76.1 Å². The number of morpholine rings is 1. The highest BCUT2D eigenvalue weighted by Crippen LogP contribution is 2.27. The molecule has 5 aromatic rings. The van der Waals surface area contributed by atoms with E-state index in [1.54, 1.807) is 15.4 Å². The van der Waals surface area contributed by atoms with E-state index in [1.165, 1.54) is 0 Å². The highest BCUT2D eigenvalue weighted by Gasteiger charge is 2.19. The molecule has 0 spiro atoms. The standard InChI is InChI=1S/C30H33N9O2/c1-17(2)39-27-21(15-32-30(36-27)35-22-8-6-20(7-9-22)26-16-31-12-13-41-26)14-24(29(39)40)23-10-11-25(33-18(23)3)28-34-19(4)37-38(28)5/h6-11,14-15,17,26,31H,12-13,16H2,1-5H3,(H,32,35,36). The summed E-state index contributed by atoms with van der Waals surface area (Å²) >= 11 is 0. The Kier molecular flexibility index (Phi) is 7.06. The van der Waals surface area contributed by atoms with Crippen LogP contribution in [0, 0.1) is 13.8 Å². The van der Waals surface area contributed by atoms with Crippen molar-refractivity contribution in [1.82, 2.24) is 39.6 Å². The zero-order chi connectivity index (χ0) is 28.7. The molecule has 0 radical (unpaired) electrons. The lowest BCUT2D eigenvalue weighted by molar-refractivity contribution is 0.0277. The number of hydrogen-bond acceptors (Lipinski definition) is 9. The summed E-state index contributed by atoms with van der Waals surface area (Å²) in [5.41, 5.74) is 5.15. The molecule has 1 unspecified atom stereocenters. The van der Waals surface area contributed by atoms with Crippen LogP contribution in [-0.2, 0) is 11.8 Å². The fourth-order valence-electron chi connectivity index (χ4n) is 5.25. The molecule has 41 heavy (non-hydrogen) atoms. The molecule has 11 nitrogen and oxygen atoms in total. The van der Waals surface area contributed by atoms with Crippen molar-refractivity contribution in [2.24, 2.45) is 7.05 Å². The zero-order valence-corrected chi connectivity index (χ0v) is 23.8. The second-order valence-corrected chi connectivity index (χ2v) is 10.5. The van der Waals surface area contributed by atoms with Crippen LogP contribution in [0.4, 0.5) is 11.6 Å². The summed E-state index contributed by atoms with van der Waals surface area (Å²) in [7, 11) is 1.84. The molecule has 5 heterocycles. The average molecular weight is 552 g/mol. The van der Waals surface area contributed by atoms with Crippen molar-refractivity contribution in [1.29, 1.82) is 0 Å². The summed E-state index contributed by atoms with van der Waals surface area (Å²) in [6, 6.07) is 13.6. The van der Waals surface area contributed by atoms with Gasteiger partial charge in [-0.15, -0.1) is 0 Å². The van der Waals surface area contributed by atoms with Crippen molar-refractivity contribution >= 4 is 22.7 Å². The van der Waals surface area contributed by atoms with Gasteiger partial charge in [0.05, 0.1) is 12.7 Å². The van der Waals surface area contributed by atoms with E-state index in [0.29, 0.717) is 41.1 Å². The van der Waals surface area contributed by atoms with Crippen LogP contribution in [0.25, 0.3) is 33.7 Å². The number of pyridine rings is 2. The highest BCUT2D eigenvalue weighted by molar-refractivity contribution is 5.82. The van der Waals surface area contributed by atoms with E-state index in [0.717, 1.165) is 41.0 Å². The minimum atomic E-state index is -0.130. The predicted molar refractivity (Wildman–Crippen MR) is 158 cm³/mol. The minimum absolute atomic E-state index is 0.0513. The van der Waals surface area contributed by atoms with Crippen molar-refractivity contribution in [2.75, 3.05) is 25.0 Å². The first-order valence-electron chi connectivity index (χ1n) is 13.8. The van der Waals surface area contributed by atoms with Gasteiger partial charge in [0.2, 0.25) is 5.95 Å². The van der Waals surface area contributed by atoms with Gasteiger partial charge in [-0.25, -0.2) is 19.6 Å². The van der Waals surface area contributed by atoms with Gasteiger partial charge < -0.3 is 15.4 Å². The molecular weight excluding hydrogens is 518 g/mol. The van der Waals surface area contributed by atoms with Gasteiger partial charge in [0.25, 0.3) is 5.56 Å². The fraction of sp³-hybridized carbons (Fsp3) is 0.333. The third-order valence-corrected chi connectivity index (χ3v) is 7.23. The van der Waals surface area contributed by atoms with Gasteiger partial charge in [0, 0.05) is 60.3 Å². The molecule has 210 valence electrons. The minimum Gasteiger partial charge on any atom is -0.371 e. The molecule has 1 aromatic carbocycles. The van der Waals surface area contributed by atoms with E-state index in [-0.39, 0.29) is 17.7 Å². The number of rotatable bonds is 6. The van der Waals surface area contributed by atoms with Crippen LogP contribution in [0.2, 0.25) is 0 Å². The average Bonchev–Trinajstić information content (AvgIpc) is 3.31. The summed E-state index contributed by atoms with van der Waals surface area (Å²) in [5, 5.41) is 11.7. The summed E-state index contributed by atoms with van der Waals surface area (Å²) in [6.45, 7) is 10.1. The number of fused-ring (bicyclic) bond motifs is 1. The van der Waals surface area contributed by atoms with Crippen LogP contribution in [0.15, 0.2) is 53.5 Å². The summed E-state index contributed by atoms with van der Waals surface area (Å²) < 4.78 is 9.27. The summed E-state index contributed by atoms with van der Waals surface area (Å²) in [5.74, 6) is 1.78. The van der Waals surface area contributed by atoms with Crippen LogP contribution < -0.4 is 16.2 Å². The Morgan fingerprint density at radius 2 is 1.85 bits per heavy atom. The Balaban J connectivity index is 1.33. The second kappa shape index (κ2) is 10.8. The highest BCUT2D eigenvalue weighted by atomic mass is 16.5. The summed E-state index contributed by atoms with van der Waals surface area (Å²) in [6.07, 6.45) is 1.80. The number of ether oxygens (including phenoxy) is 1. The Morgan fingerprint density at radius 1 is 1.05 bits per heavy atom. The molecule has 1 aliphatic rings. The number of anilines is 2. The number of nitrogens with one attached hydrogen (secondary N) is 2. The largest absolute Gasteiger partial charge is 0.371 e. The van der Waals surface area contributed by atoms with E-state index in [2.05, 4.69) is 25.7 Å². The molecule has 1 fully saturated rings. The van der Waals surface area contributed by atoms with Crippen LogP contribution >= 0.6 is 0 Å². The van der Waals surface area contributed by atoms with E-state index in [4.69, 9.17) is 14.7 Å². The molecule has 1 saturated heterocycles. The van der Waals surface area contributed by atoms with Crippen molar-refractivity contribution in [3.63, 3.8) is 0 Å². The molecule has 6 rings (SSSR count). The first-order chi connectivity index (χ1) is 19.8. The van der Waals surface area contributed by atoms with Crippen LogP contribution in [0.1, 0.15) is 43.1 Å². The van der Waals surface area contributed by atoms with Gasteiger partial charge in [-0.3, -0.25) is 9.36 Å². The quantitative estimate of drug-likeness (QED) is 0.319.